The molecule has 2 heterocycles. The molecule has 2 unspecified atom stereocenters. The quantitative estimate of drug-likeness (QED) is 0.882. The monoisotopic (exact) mass is 311 g/mol. The van der Waals surface area contributed by atoms with Gasteiger partial charge in [0.1, 0.15) is 5.82 Å². The molecular weight excluding hydrogens is 294 g/mol. The van der Waals surface area contributed by atoms with Gasteiger partial charge < -0.3 is 10.6 Å². The maximum atomic E-state index is 12.1. The molecule has 1 amide bonds. The second-order valence-corrected chi connectivity index (χ2v) is 5.74. The Hall–Kier alpha value is -0.940. The van der Waals surface area contributed by atoms with Crippen LogP contribution in [-0.4, -0.2) is 23.5 Å². The molecule has 1 aliphatic heterocycles. The molecule has 0 bridgehead atoms. The third-order valence-electron chi connectivity index (χ3n) is 3.29. The highest BCUT2D eigenvalue weighted by Crippen LogP contribution is 2.20. The van der Waals surface area contributed by atoms with E-state index >= 15 is 0 Å². The van der Waals surface area contributed by atoms with Crippen LogP contribution in [0.15, 0.2) is 16.7 Å². The maximum absolute atomic E-state index is 12.1. The van der Waals surface area contributed by atoms with E-state index in [1.807, 2.05) is 13.0 Å². The molecule has 1 fully saturated rings. The predicted molar refractivity (Wildman–Crippen MR) is 75.5 cm³/mol. The highest BCUT2D eigenvalue weighted by Gasteiger charge is 2.24. The third-order valence-corrected chi connectivity index (χ3v) is 4.12. The Morgan fingerprint density at radius 3 is 3.06 bits per heavy atom. The molecule has 1 aromatic rings. The van der Waals surface area contributed by atoms with Crippen molar-refractivity contribution in [2.24, 2.45) is 5.92 Å². The summed E-state index contributed by atoms with van der Waals surface area (Å²) in [6, 6.07) is 2.29. The number of nitrogens with one attached hydrogen (secondary N) is 2. The lowest BCUT2D eigenvalue weighted by atomic mass is 9.92. The van der Waals surface area contributed by atoms with Gasteiger partial charge in [-0.25, -0.2) is 4.98 Å². The van der Waals surface area contributed by atoms with E-state index in [4.69, 9.17) is 0 Å². The molecule has 5 heteroatoms. The van der Waals surface area contributed by atoms with Gasteiger partial charge in [-0.2, -0.15) is 0 Å². The van der Waals surface area contributed by atoms with Gasteiger partial charge in [-0.1, -0.05) is 0 Å². The summed E-state index contributed by atoms with van der Waals surface area (Å²) in [5.74, 6) is 0.802. The Bertz CT molecular complexity index is 450. The number of amides is 1. The molecule has 1 aliphatic rings. The zero-order chi connectivity index (χ0) is 13.1. The van der Waals surface area contributed by atoms with E-state index in [-0.39, 0.29) is 11.8 Å². The lowest BCUT2D eigenvalue weighted by Crippen LogP contribution is -2.40. The van der Waals surface area contributed by atoms with Crippen molar-refractivity contribution in [3.63, 3.8) is 0 Å². The van der Waals surface area contributed by atoms with E-state index in [1.165, 1.54) is 0 Å². The van der Waals surface area contributed by atoms with Gasteiger partial charge in [0.05, 0.1) is 0 Å². The smallest absolute Gasteiger partial charge is 0.228 e. The Morgan fingerprint density at radius 2 is 2.39 bits per heavy atom. The predicted octanol–water partition coefficient (Wildman–Crippen LogP) is 2.48. The first kappa shape index (κ1) is 13.5. The van der Waals surface area contributed by atoms with Crippen LogP contribution in [0.25, 0.3) is 0 Å². The van der Waals surface area contributed by atoms with Crippen LogP contribution in [0, 0.1) is 12.8 Å². The topological polar surface area (TPSA) is 54.0 Å². The zero-order valence-electron chi connectivity index (χ0n) is 10.7. The summed E-state index contributed by atoms with van der Waals surface area (Å²) in [5, 5.41) is 6.25. The summed E-state index contributed by atoms with van der Waals surface area (Å²) in [7, 11) is 0. The number of anilines is 1. The van der Waals surface area contributed by atoms with E-state index in [1.54, 1.807) is 6.20 Å². The standard InChI is InChI=1S/C13H18BrN3O/c1-8-5-12(16-7-11(8)14)17-13(18)10-3-4-15-9(2)6-10/h5,7,9-10,15H,3-4,6H2,1-2H3,(H,16,17,18). The SMILES string of the molecule is Cc1cc(NC(=O)C2CCNC(C)C2)ncc1Br. The van der Waals surface area contributed by atoms with Crippen LogP contribution < -0.4 is 10.6 Å². The van der Waals surface area contributed by atoms with Crippen LogP contribution in [0.3, 0.4) is 0 Å². The van der Waals surface area contributed by atoms with Crippen LogP contribution in [0.4, 0.5) is 5.82 Å². The number of aromatic nitrogens is 1. The van der Waals surface area contributed by atoms with Gasteiger partial charge in [0.2, 0.25) is 5.91 Å². The minimum absolute atomic E-state index is 0.0811. The van der Waals surface area contributed by atoms with Gasteiger partial charge in [-0.15, -0.1) is 0 Å². The largest absolute Gasteiger partial charge is 0.314 e. The van der Waals surface area contributed by atoms with Crippen LogP contribution >= 0.6 is 15.9 Å². The minimum atomic E-state index is 0.0811. The number of hydrogen-bond donors (Lipinski definition) is 2. The number of carbonyl (C=O) groups is 1. The van der Waals surface area contributed by atoms with E-state index < -0.39 is 0 Å². The molecule has 4 nitrogen and oxygen atoms in total. The molecule has 18 heavy (non-hydrogen) atoms. The van der Waals surface area contributed by atoms with Crippen molar-refractivity contribution in [1.29, 1.82) is 0 Å². The van der Waals surface area contributed by atoms with Crippen molar-refractivity contribution in [2.75, 3.05) is 11.9 Å². The molecule has 2 N–H and O–H groups in total. The number of hydrogen-bond acceptors (Lipinski definition) is 3. The van der Waals surface area contributed by atoms with Crippen molar-refractivity contribution in [3.05, 3.63) is 22.3 Å². The third kappa shape index (κ3) is 3.29. The van der Waals surface area contributed by atoms with Crippen LogP contribution in [0.2, 0.25) is 0 Å². The van der Waals surface area contributed by atoms with E-state index in [0.29, 0.717) is 11.9 Å². The summed E-state index contributed by atoms with van der Waals surface area (Å²) < 4.78 is 0.955. The van der Waals surface area contributed by atoms with Gasteiger partial charge in [0.15, 0.2) is 0 Å². The molecule has 1 saturated heterocycles. The van der Waals surface area contributed by atoms with Gasteiger partial charge in [-0.05, 0) is 60.8 Å². The molecule has 0 aliphatic carbocycles. The van der Waals surface area contributed by atoms with Crippen LogP contribution in [0.5, 0.6) is 0 Å². The van der Waals surface area contributed by atoms with Gasteiger partial charge in [0.25, 0.3) is 0 Å². The van der Waals surface area contributed by atoms with Crippen LogP contribution in [-0.2, 0) is 4.79 Å². The summed E-state index contributed by atoms with van der Waals surface area (Å²) in [4.78, 5) is 16.3. The van der Waals surface area contributed by atoms with Crippen molar-refractivity contribution >= 4 is 27.7 Å². The number of halogens is 1. The minimum Gasteiger partial charge on any atom is -0.314 e. The second kappa shape index (κ2) is 5.80. The molecule has 0 radical (unpaired) electrons. The fraction of sp³-hybridized carbons (Fsp3) is 0.538. The normalized spacial score (nSPS) is 23.7. The molecule has 98 valence electrons. The Balaban J connectivity index is 2.00. The van der Waals surface area contributed by atoms with Gasteiger partial charge in [-0.3, -0.25) is 4.79 Å². The first-order chi connectivity index (χ1) is 8.56. The Kier molecular flexibility index (Phi) is 4.35. The molecule has 0 spiro atoms. The van der Waals surface area contributed by atoms with E-state index in [9.17, 15) is 4.79 Å². The van der Waals surface area contributed by atoms with Crippen molar-refractivity contribution < 1.29 is 4.79 Å². The molecule has 2 atom stereocenters. The summed E-state index contributed by atoms with van der Waals surface area (Å²) in [5.41, 5.74) is 1.07. The fourth-order valence-electron chi connectivity index (χ4n) is 2.21. The fourth-order valence-corrected chi connectivity index (χ4v) is 2.42. The molecular formula is C13H18BrN3O. The molecule has 0 saturated carbocycles. The van der Waals surface area contributed by atoms with Gasteiger partial charge in [0, 0.05) is 22.6 Å². The highest BCUT2D eigenvalue weighted by atomic mass is 79.9. The average Bonchev–Trinajstić information content (AvgIpc) is 2.34. The summed E-state index contributed by atoms with van der Waals surface area (Å²) in [6.45, 7) is 5.00. The van der Waals surface area contributed by atoms with Crippen LogP contribution in [0.1, 0.15) is 25.3 Å². The van der Waals surface area contributed by atoms with Crippen molar-refractivity contribution in [3.8, 4) is 0 Å². The average molecular weight is 312 g/mol. The number of piperidine rings is 1. The lowest BCUT2D eigenvalue weighted by molar-refractivity contribution is -0.120. The number of aryl methyl sites for hydroxylation is 1. The van der Waals surface area contributed by atoms with Crippen molar-refractivity contribution in [2.45, 2.75) is 32.7 Å². The maximum Gasteiger partial charge on any atom is 0.228 e. The first-order valence-electron chi connectivity index (χ1n) is 6.22. The second-order valence-electron chi connectivity index (χ2n) is 4.88. The molecule has 0 aromatic carbocycles. The lowest BCUT2D eigenvalue weighted by Gasteiger charge is -2.26. The summed E-state index contributed by atoms with van der Waals surface area (Å²) >= 11 is 3.40. The molecule has 1 aromatic heterocycles. The van der Waals surface area contributed by atoms with Gasteiger partial charge >= 0.3 is 0 Å². The highest BCUT2D eigenvalue weighted by molar-refractivity contribution is 9.10. The Labute approximate surface area is 116 Å². The molecule has 2 rings (SSSR count). The number of carbonyl (C=O) groups excluding carboxylic acids is 1. The van der Waals surface area contributed by atoms with Crippen molar-refractivity contribution in [1.82, 2.24) is 10.3 Å². The Morgan fingerprint density at radius 1 is 1.61 bits per heavy atom. The first-order valence-corrected chi connectivity index (χ1v) is 7.02. The van der Waals surface area contributed by atoms with E-state index in [0.717, 1.165) is 29.4 Å². The number of pyridine rings is 1. The number of nitrogens with zero attached hydrogens (tertiary/aromatic N) is 1. The number of rotatable bonds is 2. The zero-order valence-corrected chi connectivity index (χ0v) is 12.3. The van der Waals surface area contributed by atoms with E-state index in [2.05, 4.69) is 38.5 Å². The summed E-state index contributed by atoms with van der Waals surface area (Å²) in [6.07, 6.45) is 3.50.